The summed E-state index contributed by atoms with van der Waals surface area (Å²) in [6.07, 6.45) is 1.59. The number of imidazole rings is 1. The molecule has 4 heterocycles. The van der Waals surface area contributed by atoms with Gasteiger partial charge < -0.3 is 18.7 Å². The van der Waals surface area contributed by atoms with E-state index in [-0.39, 0.29) is 5.56 Å². The number of halogens is 1. The van der Waals surface area contributed by atoms with Gasteiger partial charge in [-0.05, 0) is 30.3 Å². The SMILES string of the molecule is COCCn1c(SCc2nc3scc(-c4ccco4)c3c(=O)[nH]2)nc2cc(Cl)ccc21. The Kier molecular flexibility index (Phi) is 5.58. The van der Waals surface area contributed by atoms with Gasteiger partial charge in [0.1, 0.15) is 16.4 Å². The van der Waals surface area contributed by atoms with Crippen LogP contribution < -0.4 is 5.56 Å². The van der Waals surface area contributed by atoms with Crippen molar-refractivity contribution in [3.05, 3.63) is 63.2 Å². The monoisotopic (exact) mass is 472 g/mol. The molecule has 31 heavy (non-hydrogen) atoms. The number of methoxy groups -OCH3 is 1. The number of thiophene rings is 1. The van der Waals surface area contributed by atoms with Crippen LogP contribution in [0.4, 0.5) is 0 Å². The number of rotatable bonds is 7. The van der Waals surface area contributed by atoms with Crippen LogP contribution in [0.25, 0.3) is 32.6 Å². The van der Waals surface area contributed by atoms with E-state index in [1.54, 1.807) is 19.4 Å². The molecule has 0 aliphatic carbocycles. The predicted octanol–water partition coefficient (Wildman–Crippen LogP) is 5.19. The molecule has 0 saturated heterocycles. The van der Waals surface area contributed by atoms with Gasteiger partial charge in [-0.15, -0.1) is 11.3 Å². The number of ether oxygens (including phenoxy) is 1. The number of benzene rings is 1. The third-order valence-electron chi connectivity index (χ3n) is 4.81. The summed E-state index contributed by atoms with van der Waals surface area (Å²) in [5, 5.41) is 3.91. The Morgan fingerprint density at radius 2 is 2.23 bits per heavy atom. The number of thioether (sulfide) groups is 1. The van der Waals surface area contributed by atoms with Gasteiger partial charge in [0.15, 0.2) is 5.16 Å². The third kappa shape index (κ3) is 3.89. The van der Waals surface area contributed by atoms with Gasteiger partial charge in [0.2, 0.25) is 0 Å². The zero-order valence-electron chi connectivity index (χ0n) is 16.4. The Morgan fingerprint density at radius 3 is 3.03 bits per heavy atom. The number of aromatic amines is 1. The second-order valence-electron chi connectivity index (χ2n) is 6.78. The molecule has 0 spiro atoms. The summed E-state index contributed by atoms with van der Waals surface area (Å²) in [6, 6.07) is 9.29. The molecule has 0 atom stereocenters. The molecule has 0 amide bonds. The van der Waals surface area contributed by atoms with Gasteiger partial charge in [-0.1, -0.05) is 23.4 Å². The lowest BCUT2D eigenvalue weighted by Crippen LogP contribution is -2.11. The summed E-state index contributed by atoms with van der Waals surface area (Å²) in [7, 11) is 1.67. The number of hydrogen-bond acceptors (Lipinski definition) is 7. The quantitative estimate of drug-likeness (QED) is 0.328. The molecule has 0 aliphatic heterocycles. The topological polar surface area (TPSA) is 85.9 Å². The average Bonchev–Trinajstić information content (AvgIpc) is 3.48. The first-order valence-corrected chi connectivity index (χ1v) is 11.7. The molecule has 7 nitrogen and oxygen atoms in total. The molecule has 158 valence electrons. The Hall–Kier alpha value is -2.59. The molecule has 0 radical (unpaired) electrons. The molecule has 0 saturated carbocycles. The fraction of sp³-hybridized carbons (Fsp3) is 0.190. The number of H-pyrrole nitrogens is 1. The molecule has 0 aliphatic rings. The standard InChI is InChI=1S/C21H17ClN4O3S2/c1-28-8-6-26-15-5-4-12(22)9-14(15)23-21(26)31-11-17-24-19(27)18-13(10-30-20(18)25-17)16-3-2-7-29-16/h2-5,7,9-10H,6,8,11H2,1H3,(H,24,25,27). The van der Waals surface area contributed by atoms with Crippen molar-refractivity contribution in [2.24, 2.45) is 0 Å². The first-order valence-electron chi connectivity index (χ1n) is 9.46. The van der Waals surface area contributed by atoms with Gasteiger partial charge in [-0.3, -0.25) is 4.79 Å². The summed E-state index contributed by atoms with van der Waals surface area (Å²) in [6.45, 7) is 1.23. The Morgan fingerprint density at radius 1 is 1.32 bits per heavy atom. The van der Waals surface area contributed by atoms with Crippen LogP contribution in [0, 0.1) is 0 Å². The number of fused-ring (bicyclic) bond motifs is 2. The maximum atomic E-state index is 12.8. The van der Waals surface area contributed by atoms with E-state index in [0.717, 1.165) is 21.8 Å². The molecule has 1 N–H and O–H groups in total. The molecular formula is C21H17ClN4O3S2. The van der Waals surface area contributed by atoms with E-state index < -0.39 is 0 Å². The van der Waals surface area contributed by atoms with Crippen LogP contribution in [-0.4, -0.2) is 33.2 Å². The van der Waals surface area contributed by atoms with Crippen LogP contribution in [0.15, 0.2) is 56.3 Å². The van der Waals surface area contributed by atoms with Gasteiger partial charge in [-0.25, -0.2) is 9.97 Å². The Balaban J connectivity index is 1.46. The summed E-state index contributed by atoms with van der Waals surface area (Å²) in [5.74, 6) is 1.73. The second kappa shape index (κ2) is 8.51. The number of furan rings is 1. The van der Waals surface area contributed by atoms with Crippen molar-refractivity contribution in [3.63, 3.8) is 0 Å². The molecule has 5 aromatic rings. The average molecular weight is 473 g/mol. The van der Waals surface area contributed by atoms with Crippen molar-refractivity contribution in [3.8, 4) is 11.3 Å². The maximum absolute atomic E-state index is 12.8. The van der Waals surface area contributed by atoms with E-state index >= 15 is 0 Å². The molecule has 0 fully saturated rings. The van der Waals surface area contributed by atoms with Crippen LogP contribution in [0.3, 0.4) is 0 Å². The minimum Gasteiger partial charge on any atom is -0.464 e. The van der Waals surface area contributed by atoms with Crippen molar-refractivity contribution in [2.45, 2.75) is 17.5 Å². The number of nitrogens with one attached hydrogen (secondary N) is 1. The van der Waals surface area contributed by atoms with Gasteiger partial charge in [-0.2, -0.15) is 0 Å². The van der Waals surface area contributed by atoms with E-state index in [1.165, 1.54) is 23.1 Å². The van der Waals surface area contributed by atoms with E-state index in [1.807, 2.05) is 29.6 Å². The lowest BCUT2D eigenvalue weighted by Gasteiger charge is -2.08. The van der Waals surface area contributed by atoms with Crippen molar-refractivity contribution in [1.29, 1.82) is 0 Å². The number of aromatic nitrogens is 4. The van der Waals surface area contributed by atoms with Crippen LogP contribution >= 0.6 is 34.7 Å². The first kappa shape index (κ1) is 20.3. The highest BCUT2D eigenvalue weighted by Crippen LogP contribution is 2.32. The highest BCUT2D eigenvalue weighted by molar-refractivity contribution is 7.98. The predicted molar refractivity (Wildman–Crippen MR) is 124 cm³/mol. The van der Waals surface area contributed by atoms with Crippen molar-refractivity contribution in [1.82, 2.24) is 19.5 Å². The minimum atomic E-state index is -0.173. The highest BCUT2D eigenvalue weighted by atomic mass is 35.5. The molecule has 10 heteroatoms. The van der Waals surface area contributed by atoms with Crippen LogP contribution in [0.5, 0.6) is 0 Å². The lowest BCUT2D eigenvalue weighted by molar-refractivity contribution is 0.186. The smallest absolute Gasteiger partial charge is 0.260 e. The fourth-order valence-electron chi connectivity index (χ4n) is 3.40. The van der Waals surface area contributed by atoms with Crippen LogP contribution in [0.1, 0.15) is 5.82 Å². The van der Waals surface area contributed by atoms with Crippen molar-refractivity contribution >= 4 is 55.9 Å². The number of nitrogens with zero attached hydrogens (tertiary/aromatic N) is 3. The van der Waals surface area contributed by atoms with E-state index in [0.29, 0.717) is 45.7 Å². The highest BCUT2D eigenvalue weighted by Gasteiger charge is 2.16. The largest absolute Gasteiger partial charge is 0.464 e. The minimum absolute atomic E-state index is 0.173. The second-order valence-corrected chi connectivity index (χ2v) is 9.02. The zero-order valence-corrected chi connectivity index (χ0v) is 18.8. The zero-order chi connectivity index (χ0) is 21.4. The molecule has 0 unspecified atom stereocenters. The summed E-state index contributed by atoms with van der Waals surface area (Å²) in [5.41, 5.74) is 2.40. The van der Waals surface area contributed by atoms with E-state index in [2.05, 4.69) is 14.5 Å². The third-order valence-corrected chi connectivity index (χ3v) is 6.91. The van der Waals surface area contributed by atoms with Crippen LogP contribution in [0.2, 0.25) is 5.02 Å². The Labute approximate surface area is 190 Å². The van der Waals surface area contributed by atoms with Crippen LogP contribution in [-0.2, 0) is 17.0 Å². The lowest BCUT2D eigenvalue weighted by atomic mass is 10.2. The molecule has 4 aromatic heterocycles. The maximum Gasteiger partial charge on any atom is 0.260 e. The number of hydrogen-bond donors (Lipinski definition) is 1. The summed E-state index contributed by atoms with van der Waals surface area (Å²) >= 11 is 9.07. The van der Waals surface area contributed by atoms with E-state index in [9.17, 15) is 4.79 Å². The fourth-order valence-corrected chi connectivity index (χ4v) is 5.42. The van der Waals surface area contributed by atoms with Gasteiger partial charge in [0.05, 0.1) is 35.0 Å². The van der Waals surface area contributed by atoms with Gasteiger partial charge in [0, 0.05) is 29.6 Å². The van der Waals surface area contributed by atoms with E-state index in [4.69, 9.17) is 25.7 Å². The van der Waals surface area contributed by atoms with Crippen molar-refractivity contribution in [2.75, 3.05) is 13.7 Å². The first-order chi connectivity index (χ1) is 15.1. The molecule has 1 aromatic carbocycles. The van der Waals surface area contributed by atoms with Crippen molar-refractivity contribution < 1.29 is 9.15 Å². The summed E-state index contributed by atoms with van der Waals surface area (Å²) < 4.78 is 12.8. The molecule has 5 rings (SSSR count). The Bertz CT molecular complexity index is 1420. The molecular weight excluding hydrogens is 456 g/mol. The normalized spacial score (nSPS) is 11.7. The summed E-state index contributed by atoms with van der Waals surface area (Å²) in [4.78, 5) is 25.8. The van der Waals surface area contributed by atoms with Gasteiger partial charge >= 0.3 is 0 Å². The molecule has 0 bridgehead atoms. The van der Waals surface area contributed by atoms with Gasteiger partial charge in [0.25, 0.3) is 5.56 Å².